The maximum atomic E-state index is 7.41. The number of fused-ring (bicyclic) bond motifs is 18. The van der Waals surface area contributed by atoms with Crippen molar-refractivity contribution in [3.05, 3.63) is 187 Å². The minimum Gasteiger partial charge on any atom is -0.456 e. The topological polar surface area (TPSA) is 34.5 Å². The molecule has 0 N–H and O–H groups in total. The second-order valence-electron chi connectivity index (χ2n) is 23.8. The van der Waals surface area contributed by atoms with Gasteiger partial charge in [-0.15, -0.1) is 11.3 Å². The first kappa shape index (κ1) is 42.7. The van der Waals surface area contributed by atoms with Gasteiger partial charge in [-0.2, -0.15) is 0 Å². The summed E-state index contributed by atoms with van der Waals surface area (Å²) in [6.45, 7) is 16.5. The van der Waals surface area contributed by atoms with Crippen molar-refractivity contribution >= 4 is 116 Å². The van der Waals surface area contributed by atoms with Crippen molar-refractivity contribution in [2.75, 3.05) is 4.81 Å². The number of hydrogen-bond donors (Lipinski definition) is 0. The van der Waals surface area contributed by atoms with Gasteiger partial charge in [-0.25, -0.2) is 0 Å². The Morgan fingerprint density at radius 3 is 1.91 bits per heavy atom. The van der Waals surface area contributed by atoms with E-state index in [0.717, 1.165) is 62.7 Å². The lowest BCUT2D eigenvalue weighted by atomic mass is 9.43. The summed E-state index contributed by atoms with van der Waals surface area (Å²) in [4.78, 5) is 3.95. The van der Waals surface area contributed by atoms with E-state index in [2.05, 4.69) is 228 Å². The van der Waals surface area contributed by atoms with Gasteiger partial charge >= 0.3 is 6.85 Å². The molecule has 13 aromatic rings. The molecule has 356 valence electrons. The molecule has 6 heteroatoms. The van der Waals surface area contributed by atoms with Crippen molar-refractivity contribution in [2.45, 2.75) is 77.6 Å². The number of benzene rings is 9. The van der Waals surface area contributed by atoms with Crippen LogP contribution in [0.3, 0.4) is 0 Å². The van der Waals surface area contributed by atoms with Gasteiger partial charge in [-0.1, -0.05) is 158 Å². The van der Waals surface area contributed by atoms with Gasteiger partial charge in [0, 0.05) is 76.1 Å². The molecule has 0 saturated heterocycles. The lowest BCUT2D eigenvalue weighted by Crippen LogP contribution is -2.60. The fourth-order valence-corrected chi connectivity index (χ4v) is 15.0. The highest BCUT2D eigenvalue weighted by Crippen LogP contribution is 2.56. The zero-order valence-corrected chi connectivity index (χ0v) is 43.6. The maximum Gasteiger partial charge on any atom is 0.333 e. The van der Waals surface area contributed by atoms with Crippen molar-refractivity contribution in [3.63, 3.8) is 0 Å². The summed E-state index contributed by atoms with van der Waals surface area (Å²) < 4.78 is 18.2. The number of aromatic nitrogens is 1. The molecule has 4 nitrogen and oxygen atoms in total. The van der Waals surface area contributed by atoms with Crippen molar-refractivity contribution < 1.29 is 8.83 Å². The fraction of sp³-hybridized carbons (Fsp3) is 0.176. The number of thiophene rings is 1. The highest BCUT2D eigenvalue weighted by Gasteiger charge is 2.48. The predicted molar refractivity (Wildman–Crippen MR) is 315 cm³/mol. The molecule has 6 heterocycles. The summed E-state index contributed by atoms with van der Waals surface area (Å²) in [5, 5.41) is 8.27. The van der Waals surface area contributed by atoms with E-state index in [0.29, 0.717) is 0 Å². The van der Waals surface area contributed by atoms with Crippen LogP contribution >= 0.6 is 11.3 Å². The molecule has 0 saturated carbocycles. The third-order valence-corrected chi connectivity index (χ3v) is 18.8. The Morgan fingerprint density at radius 1 is 0.541 bits per heavy atom. The number of rotatable bonds is 3. The Hall–Kier alpha value is -7.80. The van der Waals surface area contributed by atoms with Crippen LogP contribution in [0.5, 0.6) is 0 Å². The van der Waals surface area contributed by atoms with Crippen LogP contribution in [0.4, 0.5) is 11.4 Å². The first-order chi connectivity index (χ1) is 35.8. The Morgan fingerprint density at radius 2 is 1.19 bits per heavy atom. The number of furan rings is 2. The van der Waals surface area contributed by atoms with Crippen LogP contribution in [0.15, 0.2) is 179 Å². The van der Waals surface area contributed by atoms with Crippen molar-refractivity contribution in [2.24, 2.45) is 0 Å². The van der Waals surface area contributed by atoms with E-state index in [1.165, 1.54) is 103 Å². The summed E-state index contributed by atoms with van der Waals surface area (Å²) >= 11 is 1.92. The summed E-state index contributed by atoms with van der Waals surface area (Å²) in [7, 11) is 0. The summed E-state index contributed by atoms with van der Waals surface area (Å²) in [6.07, 6.45) is 2.27. The van der Waals surface area contributed by atoms with Crippen molar-refractivity contribution in [1.82, 2.24) is 4.57 Å². The molecule has 16 rings (SSSR count). The maximum absolute atomic E-state index is 7.41. The Balaban J connectivity index is 1.15. The van der Waals surface area contributed by atoms with Gasteiger partial charge in [0.15, 0.2) is 0 Å². The van der Waals surface area contributed by atoms with Gasteiger partial charge in [0.2, 0.25) is 0 Å². The standard InChI is InChI=1S/C68H53BN2O2S/c1-66(2,3)40-26-28-41(29-27-40)71-52-37-56-44(42-22-14-16-24-54(42)72-56)32-45(52)59-60-43-23-15-17-25-55(43)73-64(60)61-46-33-48-49(68(6,7)31-30-67(48,4)5)35-51(46)70-53-34-47-57(36-50(53)69(71)62(59)63(61)70)74-65(39-20-12-9-13-21-39)58(47)38-18-10-8-11-19-38/h8-29,32-37H,30-31H2,1-7H3. The lowest BCUT2D eigenvalue weighted by molar-refractivity contribution is 0.332. The first-order valence-electron chi connectivity index (χ1n) is 26.4. The van der Waals surface area contributed by atoms with E-state index in [-0.39, 0.29) is 23.1 Å². The Labute approximate surface area is 434 Å². The molecule has 0 bridgehead atoms. The van der Waals surface area contributed by atoms with Gasteiger partial charge in [0.05, 0.1) is 16.4 Å². The van der Waals surface area contributed by atoms with Gasteiger partial charge < -0.3 is 18.2 Å². The molecule has 9 aromatic carbocycles. The molecule has 0 amide bonds. The van der Waals surface area contributed by atoms with Crippen LogP contribution in [0.2, 0.25) is 0 Å². The smallest absolute Gasteiger partial charge is 0.333 e. The number of nitrogens with zero attached hydrogens (tertiary/aromatic N) is 2. The molecular weight excluding hydrogens is 920 g/mol. The molecular formula is C68H53BN2O2S. The monoisotopic (exact) mass is 972 g/mol. The average Bonchev–Trinajstić information content (AvgIpc) is 4.17. The summed E-state index contributed by atoms with van der Waals surface area (Å²) in [5.41, 5.74) is 22.6. The summed E-state index contributed by atoms with van der Waals surface area (Å²) in [5.74, 6) is 0. The zero-order valence-electron chi connectivity index (χ0n) is 42.8. The van der Waals surface area contributed by atoms with Gasteiger partial charge in [-0.3, -0.25) is 0 Å². The van der Waals surface area contributed by atoms with E-state index in [1.54, 1.807) is 0 Å². The molecule has 0 atom stereocenters. The third-order valence-electron chi connectivity index (χ3n) is 17.6. The SMILES string of the molecule is CC(C)(C)c1ccc(N2B3c4cc5sc(-c6ccccc6)c(-c6ccccc6)c5cc4-n4c5cc6c(cc5c5c7oc8ccccc8c7c(c3c54)-c3cc4c(cc32)oc2ccccc24)C(C)(C)CCC6(C)C)cc1. The van der Waals surface area contributed by atoms with Crippen LogP contribution in [-0.2, 0) is 16.2 Å². The van der Waals surface area contributed by atoms with Gasteiger partial charge in [0.1, 0.15) is 22.3 Å². The Bertz CT molecular complexity index is 4580. The molecule has 0 unspecified atom stereocenters. The second-order valence-corrected chi connectivity index (χ2v) is 24.9. The van der Waals surface area contributed by atoms with Gasteiger partial charge in [-0.05, 0) is 128 Å². The highest BCUT2D eigenvalue weighted by atomic mass is 32.1. The minimum absolute atomic E-state index is 0.00000521. The van der Waals surface area contributed by atoms with E-state index in [4.69, 9.17) is 8.83 Å². The molecule has 2 aliphatic heterocycles. The molecule has 1 aliphatic carbocycles. The van der Waals surface area contributed by atoms with E-state index in [9.17, 15) is 0 Å². The van der Waals surface area contributed by atoms with Crippen molar-refractivity contribution in [3.8, 4) is 38.4 Å². The van der Waals surface area contributed by atoms with Crippen LogP contribution in [-0.4, -0.2) is 11.4 Å². The second kappa shape index (κ2) is 14.5. The number of para-hydroxylation sites is 2. The molecule has 74 heavy (non-hydrogen) atoms. The minimum atomic E-state index is -0.221. The van der Waals surface area contributed by atoms with E-state index in [1.807, 2.05) is 11.3 Å². The van der Waals surface area contributed by atoms with Crippen molar-refractivity contribution in [1.29, 1.82) is 0 Å². The zero-order chi connectivity index (χ0) is 49.7. The van der Waals surface area contributed by atoms with Gasteiger partial charge in [0.25, 0.3) is 0 Å². The third kappa shape index (κ3) is 5.64. The number of hydrogen-bond acceptors (Lipinski definition) is 4. The van der Waals surface area contributed by atoms with Crippen LogP contribution in [0.25, 0.3) is 114 Å². The van der Waals surface area contributed by atoms with Crippen LogP contribution in [0.1, 0.15) is 78.0 Å². The predicted octanol–water partition coefficient (Wildman–Crippen LogP) is 18.0. The fourth-order valence-electron chi connectivity index (χ4n) is 13.7. The summed E-state index contributed by atoms with van der Waals surface area (Å²) in [6, 6.07) is 63.9. The quantitative estimate of drug-likeness (QED) is 0.166. The largest absolute Gasteiger partial charge is 0.456 e. The lowest BCUT2D eigenvalue weighted by Gasteiger charge is -2.42. The molecule has 0 spiro atoms. The number of anilines is 2. The molecule has 3 aliphatic rings. The first-order valence-corrected chi connectivity index (χ1v) is 27.2. The normalized spacial score (nSPS) is 15.6. The van der Waals surface area contributed by atoms with Crippen LogP contribution < -0.4 is 15.7 Å². The van der Waals surface area contributed by atoms with E-state index >= 15 is 0 Å². The Kier molecular flexibility index (Phi) is 8.36. The highest BCUT2D eigenvalue weighted by molar-refractivity contribution is 7.23. The average molecular weight is 973 g/mol. The molecule has 0 radical (unpaired) electrons. The molecule has 4 aromatic heterocycles. The van der Waals surface area contributed by atoms with E-state index < -0.39 is 0 Å². The van der Waals surface area contributed by atoms with Crippen LogP contribution in [0, 0.1) is 0 Å². The molecule has 0 fully saturated rings.